The zero-order chi connectivity index (χ0) is 17.4. The van der Waals surface area contributed by atoms with Gasteiger partial charge in [0.2, 0.25) is 0 Å². The molecule has 1 nitrogen and oxygen atoms in total. The minimum absolute atomic E-state index is 0.920. The maximum Gasteiger partial charge on any atom is 0.0245 e. The number of hydrogen-bond acceptors (Lipinski definition) is 1. The Balaban J connectivity index is 1.69. The van der Waals surface area contributed by atoms with E-state index in [1.807, 2.05) is 14.1 Å². The average Bonchev–Trinajstić information content (AvgIpc) is 2.53. The van der Waals surface area contributed by atoms with Gasteiger partial charge >= 0.3 is 0 Å². The molecule has 0 N–H and O–H groups in total. The smallest absolute Gasteiger partial charge is 0.0245 e. The lowest BCUT2D eigenvalue weighted by molar-refractivity contribution is 0.180. The van der Waals surface area contributed by atoms with Gasteiger partial charge in [-0.1, -0.05) is 50.3 Å². The van der Waals surface area contributed by atoms with Crippen LogP contribution in [0.25, 0.3) is 0 Å². The van der Waals surface area contributed by atoms with Crippen LogP contribution in [0.2, 0.25) is 0 Å². The molecule has 130 valence electrons. The quantitative estimate of drug-likeness (QED) is 0.441. The number of allylic oxidation sites excluding steroid dienone is 1. The van der Waals surface area contributed by atoms with E-state index in [1.165, 1.54) is 43.4 Å². The van der Waals surface area contributed by atoms with Crippen molar-refractivity contribution >= 4 is 0 Å². The number of nitrogens with zero attached hydrogens (tertiary/aromatic N) is 1. The van der Waals surface area contributed by atoms with Gasteiger partial charge in [0, 0.05) is 31.8 Å². The maximum absolute atomic E-state index is 4.05. The summed E-state index contributed by atoms with van der Waals surface area (Å²) in [6.07, 6.45) is 9.95. The molecule has 0 saturated heterocycles. The van der Waals surface area contributed by atoms with E-state index in [0.29, 0.717) is 0 Å². The van der Waals surface area contributed by atoms with E-state index < -0.39 is 0 Å². The molecule has 1 aliphatic rings. The zero-order valence-electron chi connectivity index (χ0n) is 15.8. The second-order valence-corrected chi connectivity index (χ2v) is 7.51. The highest BCUT2D eigenvalue weighted by Crippen LogP contribution is 2.38. The zero-order valence-corrected chi connectivity index (χ0v) is 15.8. The van der Waals surface area contributed by atoms with Crippen LogP contribution in [0.1, 0.15) is 63.0 Å². The molecule has 0 unspecified atom stereocenters. The van der Waals surface area contributed by atoms with Crippen molar-refractivity contribution in [1.82, 2.24) is 4.90 Å². The van der Waals surface area contributed by atoms with Crippen LogP contribution in [0.3, 0.4) is 0 Å². The summed E-state index contributed by atoms with van der Waals surface area (Å²) in [6.45, 7) is 6.34. The molecule has 0 aliphatic heterocycles. The summed E-state index contributed by atoms with van der Waals surface area (Å²) in [4.78, 5) is 2.08. The van der Waals surface area contributed by atoms with Gasteiger partial charge in [0.1, 0.15) is 0 Å². The molecule has 1 aromatic carbocycles. The second kappa shape index (κ2) is 9.58. The second-order valence-electron chi connectivity index (χ2n) is 7.51. The number of hydrogen-bond donors (Lipinski definition) is 0. The van der Waals surface area contributed by atoms with Crippen LogP contribution in [0.15, 0.2) is 36.5 Å². The predicted molar refractivity (Wildman–Crippen MR) is 105 cm³/mol. The van der Waals surface area contributed by atoms with Gasteiger partial charge in [-0.25, -0.2) is 0 Å². The Morgan fingerprint density at radius 3 is 2.50 bits per heavy atom. The van der Waals surface area contributed by atoms with E-state index in [2.05, 4.69) is 54.5 Å². The molecule has 1 aliphatic carbocycles. The summed E-state index contributed by atoms with van der Waals surface area (Å²) in [7, 11) is 4.09. The normalized spacial score (nSPS) is 19.1. The molecule has 0 atom stereocenters. The van der Waals surface area contributed by atoms with E-state index in [4.69, 9.17) is 0 Å². The van der Waals surface area contributed by atoms with Crippen molar-refractivity contribution in [1.29, 1.82) is 0 Å². The van der Waals surface area contributed by atoms with Gasteiger partial charge in [-0.2, -0.15) is 0 Å². The number of unbranched alkanes of at least 4 members (excludes halogenated alkanes) is 1. The van der Waals surface area contributed by atoms with Gasteiger partial charge in [-0.05, 0) is 61.6 Å². The van der Waals surface area contributed by atoms with E-state index in [1.54, 1.807) is 0 Å². The lowest BCUT2D eigenvalue weighted by atomic mass is 9.70. The van der Waals surface area contributed by atoms with Gasteiger partial charge in [-0.15, -0.1) is 0 Å². The van der Waals surface area contributed by atoms with Crippen molar-refractivity contribution in [3.63, 3.8) is 0 Å². The fourth-order valence-corrected chi connectivity index (χ4v) is 3.51. The van der Waals surface area contributed by atoms with E-state index in [-0.39, 0.29) is 0 Å². The third-order valence-corrected chi connectivity index (χ3v) is 5.14. The summed E-state index contributed by atoms with van der Waals surface area (Å²) in [5, 5.41) is 0. The topological polar surface area (TPSA) is 3.24 Å². The number of rotatable bonds is 8. The molecule has 0 aromatic heterocycles. The third kappa shape index (κ3) is 6.08. The third-order valence-electron chi connectivity index (χ3n) is 5.14. The Hall–Kier alpha value is -1.68. The van der Waals surface area contributed by atoms with Crippen LogP contribution in [0, 0.1) is 23.7 Å². The summed E-state index contributed by atoms with van der Waals surface area (Å²) in [5.74, 6) is 8.50. The first-order valence-electron chi connectivity index (χ1n) is 9.51. The molecule has 24 heavy (non-hydrogen) atoms. The maximum atomic E-state index is 4.05. The standard InChI is InChI=1S/C23H33N/c1-5-9-22-17-23(18-22)16-21-14-12-20(13-15-21)11-8-6-7-10-19(2)24(3)4/h12-15,22-23H,2,5-7,9-10,16-18H2,1,3-4H3. The minimum Gasteiger partial charge on any atom is -0.381 e. The van der Waals surface area contributed by atoms with Crippen molar-refractivity contribution in [3.8, 4) is 11.8 Å². The van der Waals surface area contributed by atoms with Crippen molar-refractivity contribution in [2.24, 2.45) is 11.8 Å². The first-order chi connectivity index (χ1) is 11.6. The summed E-state index contributed by atoms with van der Waals surface area (Å²) in [5.41, 5.74) is 3.80. The van der Waals surface area contributed by atoms with Crippen LogP contribution in [-0.4, -0.2) is 19.0 Å². The molecule has 0 heterocycles. The molecule has 1 heteroatoms. The van der Waals surface area contributed by atoms with Gasteiger partial charge < -0.3 is 4.90 Å². The first-order valence-corrected chi connectivity index (χ1v) is 9.51. The molecule has 0 spiro atoms. The highest BCUT2D eigenvalue weighted by atomic mass is 15.1. The summed E-state index contributed by atoms with van der Waals surface area (Å²) >= 11 is 0. The largest absolute Gasteiger partial charge is 0.381 e. The monoisotopic (exact) mass is 323 g/mol. The minimum atomic E-state index is 0.920. The Morgan fingerprint density at radius 1 is 1.17 bits per heavy atom. The molecule has 0 radical (unpaired) electrons. The van der Waals surface area contributed by atoms with Crippen molar-refractivity contribution in [2.75, 3.05) is 14.1 Å². The molecular formula is C23H33N. The predicted octanol–water partition coefficient (Wildman–Crippen LogP) is 5.65. The number of benzene rings is 1. The van der Waals surface area contributed by atoms with E-state index in [9.17, 15) is 0 Å². The summed E-state index contributed by atoms with van der Waals surface area (Å²) < 4.78 is 0. The Morgan fingerprint density at radius 2 is 1.88 bits per heavy atom. The molecule has 1 saturated carbocycles. The molecule has 1 fully saturated rings. The van der Waals surface area contributed by atoms with Gasteiger partial charge in [-0.3, -0.25) is 0 Å². The highest BCUT2D eigenvalue weighted by Gasteiger charge is 2.27. The first kappa shape index (κ1) is 18.7. The van der Waals surface area contributed by atoms with Crippen molar-refractivity contribution in [3.05, 3.63) is 47.7 Å². The average molecular weight is 324 g/mol. The van der Waals surface area contributed by atoms with Crippen molar-refractivity contribution in [2.45, 2.75) is 58.3 Å². The summed E-state index contributed by atoms with van der Waals surface area (Å²) in [6, 6.07) is 8.91. The molecule has 0 bridgehead atoms. The van der Waals surface area contributed by atoms with Crippen LogP contribution in [0.4, 0.5) is 0 Å². The van der Waals surface area contributed by atoms with E-state index >= 15 is 0 Å². The highest BCUT2D eigenvalue weighted by molar-refractivity contribution is 5.36. The van der Waals surface area contributed by atoms with Crippen LogP contribution in [0.5, 0.6) is 0 Å². The molecule has 0 amide bonds. The van der Waals surface area contributed by atoms with Gasteiger partial charge in [0.25, 0.3) is 0 Å². The van der Waals surface area contributed by atoms with Crippen LogP contribution < -0.4 is 0 Å². The SMILES string of the molecule is C=C(CCCC#Cc1ccc(CC2CC(CCC)C2)cc1)N(C)C. The van der Waals surface area contributed by atoms with Gasteiger partial charge in [0.05, 0.1) is 0 Å². The molecular weight excluding hydrogens is 290 g/mol. The lowest BCUT2D eigenvalue weighted by Crippen LogP contribution is -2.25. The molecule has 2 rings (SSSR count). The fraction of sp³-hybridized carbons (Fsp3) is 0.565. The van der Waals surface area contributed by atoms with Crippen LogP contribution in [-0.2, 0) is 6.42 Å². The van der Waals surface area contributed by atoms with Crippen molar-refractivity contribution < 1.29 is 0 Å². The lowest BCUT2D eigenvalue weighted by Gasteiger charge is -2.35. The Kier molecular flexibility index (Phi) is 7.44. The fourth-order valence-electron chi connectivity index (χ4n) is 3.51. The van der Waals surface area contributed by atoms with E-state index in [0.717, 1.165) is 36.7 Å². The van der Waals surface area contributed by atoms with Crippen LogP contribution >= 0.6 is 0 Å². The molecule has 1 aromatic rings. The Labute approximate surface area is 149 Å². The van der Waals surface area contributed by atoms with Gasteiger partial charge in [0.15, 0.2) is 0 Å². The Bertz CT molecular complexity index is 564.